The van der Waals surface area contributed by atoms with Crippen molar-refractivity contribution in [1.29, 1.82) is 0 Å². The SMILES string of the molecule is COc1cccc2c1C(=O)c1c(O)c3c(c(O)c1C2=O)C[C@@](O)(C(=O)CO)C[C@@H]3O[C@H]1C[C@H]2[C@H](O[C@@H]3[C@@H](OC)OC(C[C-]=O)CN32)[C@H](C)O1.O=C1C=CC(=O)[N-]1.[Y].[Y].[Y].[Y].[Y]. The van der Waals surface area contributed by atoms with Crippen molar-refractivity contribution in [2.45, 2.75) is 87.5 Å². The number of ether oxygens (including phenoxy) is 6. The minimum absolute atomic E-state index is 0. The number of hydrogen-bond acceptors (Lipinski definition) is 17. The van der Waals surface area contributed by atoms with Crippen LogP contribution in [0.2, 0.25) is 0 Å². The van der Waals surface area contributed by atoms with E-state index in [-0.39, 0.29) is 210 Å². The Labute approximate surface area is 475 Å². The number of nitrogens with zero attached hydrogens (tertiary/aromatic N) is 2. The first-order valence-electron chi connectivity index (χ1n) is 17.7. The number of phenols is 2. The van der Waals surface area contributed by atoms with Crippen LogP contribution < -0.4 is 4.74 Å². The first kappa shape index (κ1) is 57.7. The van der Waals surface area contributed by atoms with Gasteiger partial charge >= 0.3 is 0 Å². The average Bonchev–Trinajstić information content (AvgIpc) is 3.75. The molecule has 6 aliphatic rings. The van der Waals surface area contributed by atoms with Crippen LogP contribution >= 0.6 is 0 Å². The molecule has 23 heteroatoms. The van der Waals surface area contributed by atoms with Gasteiger partial charge in [0.1, 0.15) is 35.6 Å². The maximum Gasteiger partial charge on any atom is 0.202 e. The van der Waals surface area contributed by atoms with Crippen LogP contribution in [0, 0.1) is 0 Å². The third kappa shape index (κ3) is 11.2. The number of aliphatic hydroxyl groups excluding tert-OH is 1. The summed E-state index contributed by atoms with van der Waals surface area (Å²) in [4.78, 5) is 73.8. The third-order valence-corrected chi connectivity index (χ3v) is 10.9. The first-order chi connectivity index (χ1) is 26.7. The monoisotopic (exact) mass is 1220 g/mol. The minimum Gasteiger partial charge on any atom is -0.589 e. The Morgan fingerprint density at radius 1 is 0.951 bits per heavy atom. The number of Topliss-reactive ketones (excluding diaryl/α,β-unsaturated/α-hetero) is 1. The molecule has 9 atom stereocenters. The van der Waals surface area contributed by atoms with Crippen molar-refractivity contribution in [1.82, 2.24) is 4.90 Å². The van der Waals surface area contributed by atoms with Crippen LogP contribution in [0.5, 0.6) is 17.2 Å². The molecule has 61 heavy (non-hydrogen) atoms. The maximum absolute atomic E-state index is 13.9. The van der Waals surface area contributed by atoms with Crippen molar-refractivity contribution in [2.24, 2.45) is 0 Å². The molecule has 5 radical (unpaired) electrons. The summed E-state index contributed by atoms with van der Waals surface area (Å²) >= 11 is 0. The van der Waals surface area contributed by atoms with E-state index in [1.54, 1.807) is 6.92 Å². The zero-order chi connectivity index (χ0) is 40.2. The number of ketones is 3. The number of fused-ring (bicyclic) bond motifs is 6. The number of aliphatic hydroxyl groups is 2. The molecule has 8 rings (SSSR count). The van der Waals surface area contributed by atoms with Gasteiger partial charge in [0.05, 0.1) is 47.8 Å². The predicted molar refractivity (Wildman–Crippen MR) is 185 cm³/mol. The smallest absolute Gasteiger partial charge is 0.202 e. The summed E-state index contributed by atoms with van der Waals surface area (Å²) in [6.45, 7) is 1.08. The molecule has 0 spiro atoms. The number of carbonyl (C=O) groups excluding carboxylic acids is 6. The number of phenolic OH excluding ortho intramolecular Hbond substituents is 2. The second-order valence-electron chi connectivity index (χ2n) is 14.1. The van der Waals surface area contributed by atoms with Gasteiger partial charge in [-0.2, -0.15) is 0 Å². The Morgan fingerprint density at radius 2 is 1.61 bits per heavy atom. The fourth-order valence-corrected chi connectivity index (χ4v) is 8.33. The van der Waals surface area contributed by atoms with E-state index in [1.807, 2.05) is 11.2 Å². The number of hydrogen-bond donors (Lipinski definition) is 4. The summed E-state index contributed by atoms with van der Waals surface area (Å²) in [7, 11) is 2.80. The Hall–Kier alpha value is 0.599. The molecule has 3 fully saturated rings. The standard InChI is InChI=1S/C34H36NO14.C4H3NO2.5Y/c1-14-31-18(35-12-15(7-8-36)47-33(45-3)32(35)49-31)9-22(46-14)48-20-11-34(43,21(38)13-37)10-17-24(20)30(42)26-25(28(17)40)27(39)16-5-4-6-19(44-2)23(16)29(26)41;6-3-1-2-4(7)5-3;;;;;/h4-6,14-15,18,20,22,31-33,37,40,42-43H,7,9-13H2,1-3H3;1-2H,(H,5,6,7);;;;;/q-1;;;;;;/p-1/t14-,15?,18-,20-,22-,31+,32+,33-,34-;;;;;;/m0....../s1. The molecule has 2 aromatic carbocycles. The molecular formula is C38H38N2O16Y5-2. The second-order valence-corrected chi connectivity index (χ2v) is 14.1. The van der Waals surface area contributed by atoms with Crippen LogP contribution in [0.15, 0.2) is 30.4 Å². The van der Waals surface area contributed by atoms with Gasteiger partial charge in [-0.15, -0.1) is 6.42 Å². The molecule has 0 saturated carbocycles. The first-order valence-corrected chi connectivity index (χ1v) is 17.7. The largest absolute Gasteiger partial charge is 0.589 e. The fraction of sp³-hybridized carbons (Fsp3) is 0.474. The van der Waals surface area contributed by atoms with Gasteiger partial charge in [0, 0.05) is 225 Å². The Balaban J connectivity index is 0.000000974. The van der Waals surface area contributed by atoms with Gasteiger partial charge in [0.2, 0.25) is 5.78 Å². The second kappa shape index (κ2) is 24.1. The van der Waals surface area contributed by atoms with E-state index < -0.39 is 120 Å². The predicted octanol–water partition coefficient (Wildman–Crippen LogP) is 0.550. The molecule has 0 bridgehead atoms. The molecule has 0 aromatic heterocycles. The van der Waals surface area contributed by atoms with E-state index in [9.17, 15) is 49.2 Å². The van der Waals surface area contributed by atoms with Crippen LogP contribution in [0.4, 0.5) is 0 Å². The molecule has 2 amide bonds. The van der Waals surface area contributed by atoms with Gasteiger partial charge in [-0.1, -0.05) is 12.1 Å². The van der Waals surface area contributed by atoms with Crippen molar-refractivity contribution in [3.05, 3.63) is 69.0 Å². The topological polar surface area (TPSA) is 256 Å². The van der Waals surface area contributed by atoms with E-state index in [0.717, 1.165) is 12.2 Å². The molecule has 3 saturated heterocycles. The van der Waals surface area contributed by atoms with Crippen molar-refractivity contribution >= 4 is 35.5 Å². The molecule has 1 unspecified atom stereocenters. The van der Waals surface area contributed by atoms with Crippen molar-refractivity contribution in [3.8, 4) is 17.2 Å². The molecule has 4 aliphatic heterocycles. The van der Waals surface area contributed by atoms with E-state index in [0.29, 0.717) is 6.54 Å². The number of imide groups is 1. The summed E-state index contributed by atoms with van der Waals surface area (Å²) in [6, 6.07) is 4.07. The van der Waals surface area contributed by atoms with E-state index in [2.05, 4.69) is 5.32 Å². The number of aromatic hydroxyl groups is 2. The zero-order valence-electron chi connectivity index (χ0n) is 33.2. The van der Waals surface area contributed by atoms with Crippen LogP contribution in [-0.2, 0) is 213 Å². The average molecular weight is 1220 g/mol. The van der Waals surface area contributed by atoms with E-state index in [1.165, 1.54) is 32.4 Å². The van der Waals surface area contributed by atoms with Crippen molar-refractivity contribution in [3.63, 3.8) is 0 Å². The number of rotatable bonds is 8. The Morgan fingerprint density at radius 3 is 2.18 bits per heavy atom. The van der Waals surface area contributed by atoms with E-state index in [4.69, 9.17) is 28.4 Å². The molecule has 4 heterocycles. The van der Waals surface area contributed by atoms with Gasteiger partial charge < -0.3 is 68.5 Å². The van der Waals surface area contributed by atoms with Gasteiger partial charge in [0.25, 0.3) is 0 Å². The third-order valence-electron chi connectivity index (χ3n) is 10.9. The summed E-state index contributed by atoms with van der Waals surface area (Å²) in [6.07, 6.45) is -1.97. The van der Waals surface area contributed by atoms with Gasteiger partial charge in [-0.25, -0.2) is 0 Å². The summed E-state index contributed by atoms with van der Waals surface area (Å²) in [5, 5.41) is 47.7. The zero-order valence-corrected chi connectivity index (χ0v) is 47.4. The van der Waals surface area contributed by atoms with Crippen LogP contribution in [0.25, 0.3) is 5.32 Å². The number of methoxy groups -OCH3 is 2. The van der Waals surface area contributed by atoms with Crippen LogP contribution in [0.3, 0.4) is 0 Å². The Kier molecular flexibility index (Phi) is 22.8. The molecule has 4 N–H and O–H groups in total. The molecule has 2 aromatic rings. The summed E-state index contributed by atoms with van der Waals surface area (Å²) in [5.41, 5.74) is -3.64. The molecule has 313 valence electrons. The molecular weight excluding hydrogens is 1180 g/mol. The van der Waals surface area contributed by atoms with Crippen molar-refractivity contribution < 1.29 is 241 Å². The van der Waals surface area contributed by atoms with Crippen LogP contribution in [0.1, 0.15) is 75.3 Å². The number of amides is 2. The molecule has 2 aliphatic carbocycles. The fourth-order valence-electron chi connectivity index (χ4n) is 8.33. The minimum atomic E-state index is -2.27. The number of benzene rings is 2. The summed E-state index contributed by atoms with van der Waals surface area (Å²) < 4.78 is 35.6. The maximum atomic E-state index is 13.9. The van der Waals surface area contributed by atoms with Gasteiger partial charge in [0.15, 0.2) is 30.4 Å². The number of carbonyl (C=O) groups is 5. The van der Waals surface area contributed by atoms with Gasteiger partial charge in [-0.3, -0.25) is 25.6 Å². The van der Waals surface area contributed by atoms with Crippen molar-refractivity contribution in [2.75, 3.05) is 27.4 Å². The quantitative estimate of drug-likeness (QED) is 0.137. The molecule has 18 nitrogen and oxygen atoms in total. The van der Waals surface area contributed by atoms with Gasteiger partial charge in [-0.05, 0) is 25.1 Å². The van der Waals surface area contributed by atoms with Crippen LogP contribution in [-0.4, -0.2) is 137 Å². The summed E-state index contributed by atoms with van der Waals surface area (Å²) in [5.74, 6) is -4.68. The number of morpholine rings is 1. The van der Waals surface area contributed by atoms with E-state index >= 15 is 0 Å². The normalized spacial score (nSPS) is 29.0. The Bertz CT molecular complexity index is 2040.